The molecule has 0 aliphatic rings. The van der Waals surface area contributed by atoms with Crippen molar-refractivity contribution in [3.63, 3.8) is 0 Å². The first-order chi connectivity index (χ1) is 7.41. The zero-order chi connectivity index (χ0) is 12.2. The van der Waals surface area contributed by atoms with Gasteiger partial charge in [-0.15, -0.1) is 0 Å². The Kier molecular flexibility index (Phi) is 4.56. The molecule has 0 saturated carbocycles. The van der Waals surface area contributed by atoms with Crippen LogP contribution in [0.25, 0.3) is 0 Å². The Morgan fingerprint density at radius 2 is 2.19 bits per heavy atom. The summed E-state index contributed by atoms with van der Waals surface area (Å²) in [6, 6.07) is 4.12. The molecule has 1 rings (SSSR count). The van der Waals surface area contributed by atoms with Gasteiger partial charge >= 0.3 is 0 Å². The summed E-state index contributed by atoms with van der Waals surface area (Å²) in [6.07, 6.45) is 2.86. The predicted molar refractivity (Wildman–Crippen MR) is 67.2 cm³/mol. The summed E-state index contributed by atoms with van der Waals surface area (Å²) in [4.78, 5) is 0. The minimum Gasteiger partial charge on any atom is -0.389 e. The van der Waals surface area contributed by atoms with Crippen molar-refractivity contribution in [3.05, 3.63) is 24.0 Å². The SMILES string of the molecule is CC(C)CC(C)(O)CNCc1cccn1C. The van der Waals surface area contributed by atoms with Crippen molar-refractivity contribution in [2.24, 2.45) is 13.0 Å². The number of nitrogens with one attached hydrogen (secondary N) is 1. The molecule has 1 unspecified atom stereocenters. The quantitative estimate of drug-likeness (QED) is 0.774. The largest absolute Gasteiger partial charge is 0.389 e. The van der Waals surface area contributed by atoms with Gasteiger partial charge in [-0.1, -0.05) is 13.8 Å². The molecule has 0 aliphatic heterocycles. The highest BCUT2D eigenvalue weighted by molar-refractivity contribution is 5.06. The van der Waals surface area contributed by atoms with Crippen molar-refractivity contribution >= 4 is 0 Å². The molecular formula is C13H24N2O. The topological polar surface area (TPSA) is 37.2 Å². The fraction of sp³-hybridized carbons (Fsp3) is 0.692. The summed E-state index contributed by atoms with van der Waals surface area (Å²) in [7, 11) is 2.03. The molecular weight excluding hydrogens is 200 g/mol. The predicted octanol–water partition coefficient (Wildman–Crippen LogP) is 1.91. The summed E-state index contributed by atoms with van der Waals surface area (Å²) in [5, 5.41) is 13.4. The van der Waals surface area contributed by atoms with Crippen LogP contribution in [0.4, 0.5) is 0 Å². The fourth-order valence-corrected chi connectivity index (χ4v) is 2.09. The summed E-state index contributed by atoms with van der Waals surface area (Å²) < 4.78 is 2.09. The van der Waals surface area contributed by atoms with Crippen molar-refractivity contribution in [1.29, 1.82) is 0 Å². The monoisotopic (exact) mass is 224 g/mol. The Labute approximate surface area is 98.5 Å². The highest BCUT2D eigenvalue weighted by Crippen LogP contribution is 2.15. The van der Waals surface area contributed by atoms with Gasteiger partial charge in [0.25, 0.3) is 0 Å². The molecule has 1 aromatic rings. The molecule has 0 aromatic carbocycles. The summed E-state index contributed by atoms with van der Waals surface area (Å²) >= 11 is 0. The van der Waals surface area contributed by atoms with Crippen molar-refractivity contribution in [2.75, 3.05) is 6.54 Å². The van der Waals surface area contributed by atoms with Gasteiger partial charge in [0.1, 0.15) is 0 Å². The normalized spacial score (nSPS) is 15.4. The van der Waals surface area contributed by atoms with E-state index < -0.39 is 5.60 Å². The van der Waals surface area contributed by atoms with Crippen LogP contribution in [0, 0.1) is 5.92 Å². The number of aromatic nitrogens is 1. The molecule has 0 bridgehead atoms. The zero-order valence-corrected chi connectivity index (χ0v) is 10.8. The van der Waals surface area contributed by atoms with Gasteiger partial charge in [-0.05, 0) is 31.4 Å². The van der Waals surface area contributed by atoms with Crippen LogP contribution >= 0.6 is 0 Å². The van der Waals surface area contributed by atoms with Crippen LogP contribution in [-0.2, 0) is 13.6 Å². The van der Waals surface area contributed by atoms with E-state index in [0.717, 1.165) is 13.0 Å². The second-order valence-corrected chi connectivity index (χ2v) is 5.31. The van der Waals surface area contributed by atoms with Crippen LogP contribution in [0.3, 0.4) is 0 Å². The molecule has 0 fully saturated rings. The van der Waals surface area contributed by atoms with Crippen molar-refractivity contribution in [2.45, 2.75) is 39.3 Å². The zero-order valence-electron chi connectivity index (χ0n) is 10.8. The van der Waals surface area contributed by atoms with Gasteiger partial charge in [0.05, 0.1) is 5.60 Å². The molecule has 3 nitrogen and oxygen atoms in total. The van der Waals surface area contributed by atoms with Crippen molar-refractivity contribution < 1.29 is 5.11 Å². The molecule has 2 N–H and O–H groups in total. The molecule has 1 atom stereocenters. The van der Waals surface area contributed by atoms with Gasteiger partial charge in [0.2, 0.25) is 0 Å². The van der Waals surface area contributed by atoms with Gasteiger partial charge in [-0.2, -0.15) is 0 Å². The van der Waals surface area contributed by atoms with Gasteiger partial charge in [-0.3, -0.25) is 0 Å². The number of nitrogens with zero attached hydrogens (tertiary/aromatic N) is 1. The minimum atomic E-state index is -0.612. The Morgan fingerprint density at radius 3 is 2.69 bits per heavy atom. The maximum Gasteiger partial charge on any atom is 0.0746 e. The number of hydrogen-bond donors (Lipinski definition) is 2. The Morgan fingerprint density at radius 1 is 1.50 bits per heavy atom. The molecule has 16 heavy (non-hydrogen) atoms. The Balaban J connectivity index is 2.32. The van der Waals surface area contributed by atoms with Crippen molar-refractivity contribution in [3.8, 4) is 0 Å². The van der Waals surface area contributed by atoms with E-state index in [1.54, 1.807) is 0 Å². The maximum atomic E-state index is 10.1. The van der Waals surface area contributed by atoms with Crippen LogP contribution in [0.2, 0.25) is 0 Å². The summed E-state index contributed by atoms with van der Waals surface area (Å²) in [5.41, 5.74) is 0.625. The molecule has 0 radical (unpaired) electrons. The second-order valence-electron chi connectivity index (χ2n) is 5.31. The first kappa shape index (κ1) is 13.3. The first-order valence-electron chi connectivity index (χ1n) is 5.94. The van der Waals surface area contributed by atoms with Crippen LogP contribution in [0.15, 0.2) is 18.3 Å². The third kappa shape index (κ3) is 4.37. The first-order valence-corrected chi connectivity index (χ1v) is 5.94. The van der Waals surface area contributed by atoms with Crippen LogP contribution in [-0.4, -0.2) is 21.8 Å². The smallest absolute Gasteiger partial charge is 0.0746 e. The Hall–Kier alpha value is -0.800. The van der Waals surface area contributed by atoms with Crippen LogP contribution in [0.5, 0.6) is 0 Å². The lowest BCUT2D eigenvalue weighted by Gasteiger charge is -2.25. The lowest BCUT2D eigenvalue weighted by Crippen LogP contribution is -2.38. The van der Waals surface area contributed by atoms with E-state index in [2.05, 4.69) is 29.8 Å². The molecule has 0 spiro atoms. The molecule has 0 aliphatic carbocycles. The standard InChI is InChI=1S/C13H24N2O/c1-11(2)8-13(3,16)10-14-9-12-6-5-7-15(12)4/h5-7,11,14,16H,8-10H2,1-4H3. The van der Waals surface area contributed by atoms with E-state index in [1.165, 1.54) is 5.69 Å². The molecule has 1 heterocycles. The van der Waals surface area contributed by atoms with E-state index in [4.69, 9.17) is 0 Å². The highest BCUT2D eigenvalue weighted by atomic mass is 16.3. The van der Waals surface area contributed by atoms with E-state index in [9.17, 15) is 5.11 Å². The van der Waals surface area contributed by atoms with E-state index >= 15 is 0 Å². The molecule has 1 aromatic heterocycles. The third-order valence-electron chi connectivity index (χ3n) is 2.71. The number of aryl methyl sites for hydroxylation is 1. The van der Waals surface area contributed by atoms with Gasteiger partial charge < -0.3 is 15.0 Å². The van der Waals surface area contributed by atoms with E-state index in [1.807, 2.05) is 26.2 Å². The van der Waals surface area contributed by atoms with Gasteiger partial charge in [-0.25, -0.2) is 0 Å². The second kappa shape index (κ2) is 5.51. The van der Waals surface area contributed by atoms with Crippen LogP contribution in [0.1, 0.15) is 32.9 Å². The minimum absolute atomic E-state index is 0.520. The fourth-order valence-electron chi connectivity index (χ4n) is 2.09. The van der Waals surface area contributed by atoms with E-state index in [-0.39, 0.29) is 0 Å². The summed E-state index contributed by atoms with van der Waals surface area (Å²) in [6.45, 7) is 7.59. The number of aliphatic hydroxyl groups is 1. The Bertz CT molecular complexity index is 315. The van der Waals surface area contributed by atoms with Crippen molar-refractivity contribution in [1.82, 2.24) is 9.88 Å². The maximum absolute atomic E-state index is 10.1. The van der Waals surface area contributed by atoms with Gasteiger partial charge in [0.15, 0.2) is 0 Å². The molecule has 0 amide bonds. The molecule has 0 saturated heterocycles. The van der Waals surface area contributed by atoms with E-state index in [0.29, 0.717) is 12.5 Å². The molecule has 3 heteroatoms. The molecule has 92 valence electrons. The van der Waals surface area contributed by atoms with Gasteiger partial charge in [0, 0.05) is 32.0 Å². The lowest BCUT2D eigenvalue weighted by molar-refractivity contribution is 0.0382. The number of rotatable bonds is 6. The van der Waals surface area contributed by atoms with Crippen LogP contribution < -0.4 is 5.32 Å². The summed E-state index contributed by atoms with van der Waals surface area (Å²) in [5.74, 6) is 0.520. The average Bonchev–Trinajstić information content (AvgIpc) is 2.49. The average molecular weight is 224 g/mol. The highest BCUT2D eigenvalue weighted by Gasteiger charge is 2.21. The number of hydrogen-bond acceptors (Lipinski definition) is 2. The third-order valence-corrected chi connectivity index (χ3v) is 2.71. The lowest BCUT2D eigenvalue weighted by atomic mass is 9.94.